The number of fused-ring (bicyclic) bond motifs is 2. The number of morpholine rings is 1. The average Bonchev–Trinajstić information content (AvgIpc) is 2.69. The second-order valence-corrected chi connectivity index (χ2v) is 5.02. The summed E-state index contributed by atoms with van der Waals surface area (Å²) in [6, 6.07) is -0.580. The summed E-state index contributed by atoms with van der Waals surface area (Å²) in [7, 11) is 0. The maximum absolute atomic E-state index is 12.5. The minimum Gasteiger partial charge on any atom is -0.368 e. The first-order valence-electron chi connectivity index (χ1n) is 6.03. The molecule has 0 radical (unpaired) electrons. The normalized spacial score (nSPS) is 38.5. The van der Waals surface area contributed by atoms with Crippen LogP contribution in [0.5, 0.6) is 0 Å². The van der Waals surface area contributed by atoms with Crippen LogP contribution in [-0.4, -0.2) is 41.3 Å². The second-order valence-electron chi connectivity index (χ2n) is 5.02. The van der Waals surface area contributed by atoms with Gasteiger partial charge in [-0.25, -0.2) is 0 Å². The topological polar surface area (TPSA) is 29.5 Å². The second kappa shape index (κ2) is 3.60. The molecule has 2 heterocycles. The van der Waals surface area contributed by atoms with Gasteiger partial charge in [0.15, 0.2) is 0 Å². The molecule has 0 aliphatic carbocycles. The van der Waals surface area contributed by atoms with Crippen LogP contribution in [0.4, 0.5) is 13.2 Å². The van der Waals surface area contributed by atoms with Crippen LogP contribution < -0.4 is 0 Å². The highest BCUT2D eigenvalue weighted by Gasteiger charge is 2.60. The van der Waals surface area contributed by atoms with Crippen LogP contribution in [0.25, 0.3) is 0 Å². The molecule has 2 fully saturated rings. The van der Waals surface area contributed by atoms with Gasteiger partial charge in [0.2, 0.25) is 0 Å². The largest absolute Gasteiger partial charge is 0.471 e. The van der Waals surface area contributed by atoms with Crippen LogP contribution >= 0.6 is 0 Å². The summed E-state index contributed by atoms with van der Waals surface area (Å²) in [6.07, 6.45) is -5.03. The third-order valence-electron chi connectivity index (χ3n) is 3.73. The zero-order chi connectivity index (χ0) is 13.9. The Kier molecular flexibility index (Phi) is 2.40. The van der Waals surface area contributed by atoms with Gasteiger partial charge in [0.25, 0.3) is 0 Å². The van der Waals surface area contributed by atoms with Crippen LogP contribution in [0.3, 0.4) is 0 Å². The fourth-order valence-corrected chi connectivity index (χ4v) is 2.71. The number of hydrogen-bond acceptors (Lipinski definition) is 2. The molecule has 0 aromatic rings. The van der Waals surface area contributed by atoms with Gasteiger partial charge in [-0.15, -0.1) is 0 Å². The quantitative estimate of drug-likeness (QED) is 0.714. The summed E-state index contributed by atoms with van der Waals surface area (Å²) in [4.78, 5) is 12.2. The van der Waals surface area contributed by atoms with Gasteiger partial charge in [0, 0.05) is 7.79 Å². The monoisotopic (exact) mass is 252 g/mol. The van der Waals surface area contributed by atoms with E-state index < -0.39 is 35.7 Å². The van der Waals surface area contributed by atoms with Crippen LogP contribution in [-0.2, 0) is 9.53 Å². The van der Waals surface area contributed by atoms with Gasteiger partial charge in [0.1, 0.15) is 0 Å². The van der Waals surface area contributed by atoms with Gasteiger partial charge in [-0.05, 0) is 12.8 Å². The Hall–Kier alpha value is -0.780. The van der Waals surface area contributed by atoms with Crippen LogP contribution in [0, 0.1) is 5.89 Å². The van der Waals surface area contributed by atoms with Gasteiger partial charge in [-0.2, -0.15) is 13.2 Å². The molecule has 0 N–H and O–H groups in total. The molecule has 1 amide bonds. The molecule has 0 aromatic carbocycles. The molecular formula is C11H16F3NO2. The smallest absolute Gasteiger partial charge is 0.368 e. The molecule has 3 nitrogen and oxygen atoms in total. The number of alkyl halides is 3. The van der Waals surface area contributed by atoms with Gasteiger partial charge >= 0.3 is 12.1 Å². The van der Waals surface area contributed by atoms with Crippen LogP contribution in [0.15, 0.2) is 0 Å². The van der Waals surface area contributed by atoms with Crippen molar-refractivity contribution in [3.05, 3.63) is 0 Å². The van der Waals surface area contributed by atoms with E-state index in [1.165, 1.54) is 0 Å². The first-order valence-corrected chi connectivity index (χ1v) is 5.53. The Morgan fingerprint density at radius 2 is 2.18 bits per heavy atom. The van der Waals surface area contributed by atoms with Crippen molar-refractivity contribution in [2.75, 3.05) is 6.54 Å². The number of halogens is 3. The summed E-state index contributed by atoms with van der Waals surface area (Å²) in [5.41, 5.74) is -0.988. The molecule has 2 aliphatic rings. The third-order valence-corrected chi connectivity index (χ3v) is 3.73. The van der Waals surface area contributed by atoms with Gasteiger partial charge in [-0.1, -0.05) is 13.8 Å². The number of nitrogens with zero attached hydrogens (tertiary/aromatic N) is 1. The highest BCUT2D eigenvalue weighted by Crippen LogP contribution is 2.46. The van der Waals surface area contributed by atoms with E-state index in [1.54, 1.807) is 20.8 Å². The Balaban J connectivity index is 2.28. The van der Waals surface area contributed by atoms with Crippen molar-refractivity contribution in [2.45, 2.75) is 51.1 Å². The Bertz CT molecular complexity index is 379. The fraction of sp³-hybridized carbons (Fsp3) is 0.909. The van der Waals surface area contributed by atoms with Crippen LogP contribution in [0.2, 0.25) is 0 Å². The zero-order valence-corrected chi connectivity index (χ0v) is 9.97. The fourth-order valence-electron chi connectivity index (χ4n) is 2.71. The summed E-state index contributed by atoms with van der Waals surface area (Å²) < 4.78 is 51.2. The van der Waals surface area contributed by atoms with Crippen molar-refractivity contribution >= 4 is 5.91 Å². The van der Waals surface area contributed by atoms with Gasteiger partial charge in [0.05, 0.1) is 24.3 Å². The molecule has 2 aliphatic heterocycles. The standard InChI is InChI=1S/C11H16F3NO2/c1-6(2)10-4-8(7(3)17-10)15(5-10)9(16)11(12,13)14/h6-8H,4-5H2,1-3H3/t7-,8+,10?/m0/s1/i6D. The number of carbonyl (C=O) groups is 1. The summed E-state index contributed by atoms with van der Waals surface area (Å²) in [5, 5.41) is 0. The van der Waals surface area contributed by atoms with E-state index in [0.717, 1.165) is 4.90 Å². The average molecular weight is 252 g/mol. The Morgan fingerprint density at radius 1 is 1.59 bits per heavy atom. The van der Waals surface area contributed by atoms with Gasteiger partial charge < -0.3 is 9.64 Å². The van der Waals surface area contributed by atoms with E-state index in [0.29, 0.717) is 6.42 Å². The maximum atomic E-state index is 12.5. The number of ether oxygens (including phenoxy) is 1. The predicted molar refractivity (Wildman–Crippen MR) is 54.3 cm³/mol. The van der Waals surface area contributed by atoms with E-state index in [1.807, 2.05) is 0 Å². The lowest BCUT2D eigenvalue weighted by Gasteiger charge is -2.38. The van der Waals surface area contributed by atoms with Crippen molar-refractivity contribution in [1.82, 2.24) is 4.90 Å². The number of carbonyl (C=O) groups excluding carboxylic acids is 1. The van der Waals surface area contributed by atoms with Gasteiger partial charge in [-0.3, -0.25) is 4.79 Å². The third kappa shape index (κ3) is 1.82. The molecule has 0 spiro atoms. The Morgan fingerprint density at radius 3 is 2.59 bits per heavy atom. The first-order chi connectivity index (χ1) is 7.98. The predicted octanol–water partition coefficient (Wildman–Crippen LogP) is 1.96. The Labute approximate surface area is 99.3 Å². The zero-order valence-electron chi connectivity index (χ0n) is 11.0. The van der Waals surface area contributed by atoms with Crippen LogP contribution in [0.1, 0.15) is 28.6 Å². The van der Waals surface area contributed by atoms with E-state index in [4.69, 9.17) is 6.11 Å². The van der Waals surface area contributed by atoms with Crippen molar-refractivity contribution in [3.63, 3.8) is 0 Å². The lowest BCUT2D eigenvalue weighted by Crippen LogP contribution is -2.54. The van der Waals surface area contributed by atoms with E-state index in [9.17, 15) is 18.0 Å². The van der Waals surface area contributed by atoms with Crippen molar-refractivity contribution in [1.29, 1.82) is 0 Å². The first kappa shape index (κ1) is 11.3. The molecule has 98 valence electrons. The minimum absolute atomic E-state index is 0.156. The van der Waals surface area contributed by atoms with E-state index in [2.05, 4.69) is 0 Å². The maximum Gasteiger partial charge on any atom is 0.471 e. The number of amides is 1. The van der Waals surface area contributed by atoms with Crippen molar-refractivity contribution < 1.29 is 24.1 Å². The van der Waals surface area contributed by atoms with Crippen molar-refractivity contribution in [2.24, 2.45) is 5.89 Å². The molecule has 2 bridgehead atoms. The molecule has 3 atom stereocenters. The lowest BCUT2D eigenvalue weighted by molar-refractivity contribution is -0.196. The molecule has 1 unspecified atom stereocenters. The van der Waals surface area contributed by atoms with E-state index in [-0.39, 0.29) is 6.54 Å². The molecule has 17 heavy (non-hydrogen) atoms. The van der Waals surface area contributed by atoms with E-state index >= 15 is 0 Å². The SMILES string of the molecule is [2H]C(C)(C)C12C[C@H]([C@H](C)O1)N(C(=O)C(F)(F)F)C2. The molecular weight excluding hydrogens is 235 g/mol. The highest BCUT2D eigenvalue weighted by atomic mass is 19.4. The molecule has 2 saturated heterocycles. The molecule has 0 saturated carbocycles. The molecule has 2 rings (SSSR count). The molecule has 6 heteroatoms. The summed E-state index contributed by atoms with van der Waals surface area (Å²) >= 11 is 0. The van der Waals surface area contributed by atoms with Crippen molar-refractivity contribution in [3.8, 4) is 0 Å². The number of hydrogen-bond donors (Lipinski definition) is 0. The number of likely N-dealkylation sites (tertiary alicyclic amines) is 1. The number of rotatable bonds is 1. The lowest BCUT2D eigenvalue weighted by atomic mass is 9.89. The molecule has 0 aromatic heterocycles. The summed E-state index contributed by atoms with van der Waals surface area (Å²) in [6.45, 7) is 4.69. The minimum atomic E-state index is -4.86. The highest BCUT2D eigenvalue weighted by molar-refractivity contribution is 5.82. The summed E-state index contributed by atoms with van der Waals surface area (Å²) in [5.74, 6) is -2.87.